The monoisotopic (exact) mass is 294 g/mol. The molecule has 6 heteroatoms. The fourth-order valence-electron chi connectivity index (χ4n) is 2.02. The molecule has 1 aromatic heterocycles. The van der Waals surface area contributed by atoms with E-state index in [2.05, 4.69) is 4.98 Å². The van der Waals surface area contributed by atoms with E-state index in [1.165, 1.54) is 12.1 Å². The Morgan fingerprint density at radius 2 is 2.15 bits per heavy atom. The summed E-state index contributed by atoms with van der Waals surface area (Å²) in [6.45, 7) is 0. The predicted octanol–water partition coefficient (Wildman–Crippen LogP) is 1.49. The minimum absolute atomic E-state index is 0.228. The van der Waals surface area contributed by atoms with Gasteiger partial charge in [0.05, 0.1) is 11.0 Å². The first kappa shape index (κ1) is 14.7. The Morgan fingerprint density at radius 3 is 2.75 bits per heavy atom. The summed E-state index contributed by atoms with van der Waals surface area (Å²) in [5.74, 6) is 0.892. The average molecular weight is 294 g/mol. The first-order valence-electron chi connectivity index (χ1n) is 6.32. The van der Waals surface area contributed by atoms with Gasteiger partial charge in [-0.3, -0.25) is 0 Å². The van der Waals surface area contributed by atoms with E-state index in [1.54, 1.807) is 18.3 Å². The average Bonchev–Trinajstić information content (AvgIpc) is 2.81. The lowest BCUT2D eigenvalue weighted by Crippen LogP contribution is -2.05. The zero-order valence-electron chi connectivity index (χ0n) is 11.5. The van der Waals surface area contributed by atoms with Gasteiger partial charge in [0.1, 0.15) is 5.82 Å². The summed E-state index contributed by atoms with van der Waals surface area (Å²) in [6, 6.07) is 6.44. The number of hydrogen-bond acceptors (Lipinski definition) is 4. The van der Waals surface area contributed by atoms with Crippen LogP contribution in [0.5, 0.6) is 0 Å². The minimum atomic E-state index is -3.25. The van der Waals surface area contributed by atoms with Crippen LogP contribution in [0.2, 0.25) is 0 Å². The normalized spacial score (nSPS) is 13.3. The summed E-state index contributed by atoms with van der Waals surface area (Å²) < 4.78 is 24.9. The first-order valence-corrected chi connectivity index (χ1v) is 8.21. The van der Waals surface area contributed by atoms with Gasteiger partial charge < -0.3 is 9.67 Å². The maximum Gasteiger partial charge on any atom is 0.175 e. The molecular formula is C14H18N2O3S. The van der Waals surface area contributed by atoms with Crippen molar-refractivity contribution in [1.82, 2.24) is 9.55 Å². The predicted molar refractivity (Wildman–Crippen MR) is 76.0 cm³/mol. The maximum atomic E-state index is 11.5. The molecule has 1 atom stereocenters. The molecule has 2 rings (SSSR count). The quantitative estimate of drug-likeness (QED) is 0.907. The van der Waals surface area contributed by atoms with Crippen LogP contribution in [0.3, 0.4) is 0 Å². The van der Waals surface area contributed by atoms with Gasteiger partial charge in [-0.05, 0) is 24.1 Å². The summed E-state index contributed by atoms with van der Waals surface area (Å²) in [5.41, 5.74) is 0.613. The Balaban J connectivity index is 2.10. The smallest absolute Gasteiger partial charge is 0.175 e. The first-order chi connectivity index (χ1) is 9.38. The number of imidazole rings is 1. The molecule has 0 amide bonds. The topological polar surface area (TPSA) is 72.2 Å². The number of aryl methyl sites for hydroxylation is 2. The highest BCUT2D eigenvalue weighted by atomic mass is 32.2. The molecule has 1 N–H and O–H groups in total. The number of sulfone groups is 1. The van der Waals surface area contributed by atoms with Crippen LogP contribution in [-0.2, 0) is 23.3 Å². The third kappa shape index (κ3) is 3.46. The molecule has 2 aromatic rings. The van der Waals surface area contributed by atoms with Gasteiger partial charge in [0.15, 0.2) is 9.84 Å². The summed E-state index contributed by atoms with van der Waals surface area (Å²) >= 11 is 0. The van der Waals surface area contributed by atoms with Gasteiger partial charge in [0, 0.05) is 32.1 Å². The Labute approximate surface area is 118 Å². The van der Waals surface area contributed by atoms with Gasteiger partial charge in [-0.25, -0.2) is 13.4 Å². The van der Waals surface area contributed by atoms with Crippen LogP contribution in [0, 0.1) is 0 Å². The van der Waals surface area contributed by atoms with E-state index in [-0.39, 0.29) is 4.90 Å². The van der Waals surface area contributed by atoms with Crippen molar-refractivity contribution in [1.29, 1.82) is 0 Å². The number of rotatable bonds is 5. The number of nitrogens with zero attached hydrogens (tertiary/aromatic N) is 2. The van der Waals surface area contributed by atoms with E-state index >= 15 is 0 Å². The van der Waals surface area contributed by atoms with Crippen LogP contribution in [0.4, 0.5) is 0 Å². The van der Waals surface area contributed by atoms with Crippen molar-refractivity contribution in [2.24, 2.45) is 7.05 Å². The van der Waals surface area contributed by atoms with Gasteiger partial charge in [-0.1, -0.05) is 12.1 Å². The lowest BCUT2D eigenvalue weighted by atomic mass is 10.0. The molecule has 20 heavy (non-hydrogen) atoms. The molecule has 1 unspecified atom stereocenters. The number of benzene rings is 1. The number of aromatic nitrogens is 2. The second-order valence-corrected chi connectivity index (χ2v) is 6.87. The maximum absolute atomic E-state index is 11.5. The van der Waals surface area contributed by atoms with E-state index in [0.717, 1.165) is 12.1 Å². The minimum Gasteiger partial charge on any atom is -0.388 e. The molecule has 0 spiro atoms. The van der Waals surface area contributed by atoms with Crippen LogP contribution in [0.25, 0.3) is 0 Å². The van der Waals surface area contributed by atoms with E-state index in [4.69, 9.17) is 0 Å². The fourth-order valence-corrected chi connectivity index (χ4v) is 2.70. The summed E-state index contributed by atoms with van der Waals surface area (Å²) in [6.07, 6.45) is 5.16. The van der Waals surface area contributed by atoms with Crippen molar-refractivity contribution >= 4 is 9.84 Å². The molecule has 1 heterocycles. The zero-order chi connectivity index (χ0) is 14.8. The molecule has 0 aliphatic heterocycles. The molecule has 108 valence electrons. The second-order valence-electron chi connectivity index (χ2n) is 4.85. The van der Waals surface area contributed by atoms with Crippen molar-refractivity contribution in [2.75, 3.05) is 6.26 Å². The third-order valence-corrected chi connectivity index (χ3v) is 4.34. The Hall–Kier alpha value is -1.66. The standard InChI is InChI=1S/C14H18N2O3S/c1-16-9-8-15-14(16)7-6-13(17)11-4-3-5-12(10-11)20(2,18)19/h3-5,8-10,13,17H,6-7H2,1-2H3. The molecule has 0 aliphatic rings. The van der Waals surface area contributed by atoms with Crippen molar-refractivity contribution in [3.05, 3.63) is 48.0 Å². The van der Waals surface area contributed by atoms with Crippen molar-refractivity contribution < 1.29 is 13.5 Å². The fraction of sp³-hybridized carbons (Fsp3) is 0.357. The van der Waals surface area contributed by atoms with E-state index in [1.807, 2.05) is 17.8 Å². The van der Waals surface area contributed by atoms with Gasteiger partial charge in [0.2, 0.25) is 0 Å². The van der Waals surface area contributed by atoms with Crippen molar-refractivity contribution in [2.45, 2.75) is 23.8 Å². The molecule has 0 bridgehead atoms. The summed E-state index contributed by atoms with van der Waals surface area (Å²) in [5, 5.41) is 10.2. The molecule has 0 radical (unpaired) electrons. The van der Waals surface area contributed by atoms with Gasteiger partial charge >= 0.3 is 0 Å². The van der Waals surface area contributed by atoms with Gasteiger partial charge in [-0.15, -0.1) is 0 Å². The zero-order valence-corrected chi connectivity index (χ0v) is 12.3. The Morgan fingerprint density at radius 1 is 1.40 bits per heavy atom. The third-order valence-electron chi connectivity index (χ3n) is 3.23. The SMILES string of the molecule is Cn1ccnc1CCC(O)c1cccc(S(C)(=O)=O)c1. The van der Waals surface area contributed by atoms with Crippen LogP contribution in [0.1, 0.15) is 23.9 Å². The Bertz CT molecular complexity index is 692. The second kappa shape index (κ2) is 5.76. The van der Waals surface area contributed by atoms with Crippen molar-refractivity contribution in [3.8, 4) is 0 Å². The van der Waals surface area contributed by atoms with Crippen LogP contribution >= 0.6 is 0 Å². The summed E-state index contributed by atoms with van der Waals surface area (Å²) in [4.78, 5) is 4.42. The molecule has 5 nitrogen and oxygen atoms in total. The van der Waals surface area contributed by atoms with E-state index in [9.17, 15) is 13.5 Å². The van der Waals surface area contributed by atoms with Crippen LogP contribution < -0.4 is 0 Å². The lowest BCUT2D eigenvalue weighted by molar-refractivity contribution is 0.166. The molecule has 1 aromatic carbocycles. The highest BCUT2D eigenvalue weighted by molar-refractivity contribution is 7.90. The largest absolute Gasteiger partial charge is 0.388 e. The number of aliphatic hydroxyl groups excluding tert-OH is 1. The molecule has 0 saturated carbocycles. The van der Waals surface area contributed by atoms with E-state index in [0.29, 0.717) is 18.4 Å². The molecule has 0 saturated heterocycles. The highest BCUT2D eigenvalue weighted by Crippen LogP contribution is 2.21. The van der Waals surface area contributed by atoms with Gasteiger partial charge in [0.25, 0.3) is 0 Å². The highest BCUT2D eigenvalue weighted by Gasteiger charge is 2.13. The number of aliphatic hydroxyl groups is 1. The molecular weight excluding hydrogens is 276 g/mol. The van der Waals surface area contributed by atoms with Crippen LogP contribution in [0.15, 0.2) is 41.6 Å². The molecule has 0 fully saturated rings. The Kier molecular flexibility index (Phi) is 4.25. The van der Waals surface area contributed by atoms with Gasteiger partial charge in [-0.2, -0.15) is 0 Å². The number of hydrogen-bond donors (Lipinski definition) is 1. The van der Waals surface area contributed by atoms with E-state index < -0.39 is 15.9 Å². The molecule has 0 aliphatic carbocycles. The summed E-state index contributed by atoms with van der Waals surface area (Å²) in [7, 11) is -1.35. The lowest BCUT2D eigenvalue weighted by Gasteiger charge is -2.12. The van der Waals surface area contributed by atoms with Crippen molar-refractivity contribution in [3.63, 3.8) is 0 Å². The van der Waals surface area contributed by atoms with Crippen LogP contribution in [-0.4, -0.2) is 29.3 Å².